The van der Waals surface area contributed by atoms with E-state index in [0.717, 1.165) is 29.7 Å². The third kappa shape index (κ3) is 2.97. The fourth-order valence-electron chi connectivity index (χ4n) is 3.57. The van der Waals surface area contributed by atoms with Crippen molar-refractivity contribution in [3.05, 3.63) is 23.7 Å². The molecule has 2 saturated heterocycles. The number of aromatic nitrogens is 3. The molecule has 132 valence electrons. The number of fused-ring (bicyclic) bond motifs is 3. The van der Waals surface area contributed by atoms with E-state index in [1.165, 1.54) is 6.33 Å². The lowest BCUT2D eigenvalue weighted by atomic mass is 10.2. The van der Waals surface area contributed by atoms with Crippen LogP contribution in [-0.4, -0.2) is 56.7 Å². The Balaban J connectivity index is 1.53. The molecule has 8 heteroatoms. The molecule has 0 N–H and O–H groups in total. The van der Waals surface area contributed by atoms with Gasteiger partial charge in [0.1, 0.15) is 22.9 Å². The van der Waals surface area contributed by atoms with Crippen LogP contribution in [0, 0.1) is 0 Å². The van der Waals surface area contributed by atoms with E-state index in [4.69, 9.17) is 16.3 Å². The van der Waals surface area contributed by atoms with Crippen LogP contribution < -0.4 is 4.90 Å². The van der Waals surface area contributed by atoms with Gasteiger partial charge in [-0.2, -0.15) is 0 Å². The minimum absolute atomic E-state index is 0.153. The van der Waals surface area contributed by atoms with Crippen molar-refractivity contribution in [3.8, 4) is 0 Å². The number of amides is 1. The molecule has 1 amide bonds. The van der Waals surface area contributed by atoms with Crippen molar-refractivity contribution in [1.29, 1.82) is 0 Å². The maximum absolute atomic E-state index is 12.3. The Hall–Kier alpha value is -2.15. The third-order valence-corrected chi connectivity index (χ3v) is 4.92. The number of ether oxygens (including phenoxy) is 1. The number of halogens is 1. The molecule has 0 aromatic carbocycles. The minimum atomic E-state index is -0.477. The number of anilines is 1. The van der Waals surface area contributed by atoms with Gasteiger partial charge in [0.2, 0.25) is 0 Å². The number of likely N-dealkylation sites (tertiary alicyclic amines) is 1. The lowest BCUT2D eigenvalue weighted by Crippen LogP contribution is -2.50. The van der Waals surface area contributed by atoms with Crippen molar-refractivity contribution in [3.63, 3.8) is 0 Å². The molecule has 2 aliphatic rings. The number of hydrogen-bond acceptors (Lipinski definition) is 6. The highest BCUT2D eigenvalue weighted by Gasteiger charge is 2.47. The molecule has 2 fully saturated rings. The van der Waals surface area contributed by atoms with Gasteiger partial charge < -0.3 is 14.5 Å². The first-order valence-electron chi connectivity index (χ1n) is 8.34. The lowest BCUT2D eigenvalue weighted by molar-refractivity contribution is 0.0214. The molecule has 2 aliphatic heterocycles. The Kier molecular flexibility index (Phi) is 3.72. The van der Waals surface area contributed by atoms with E-state index in [0.29, 0.717) is 11.7 Å². The molecule has 0 radical (unpaired) electrons. The van der Waals surface area contributed by atoms with E-state index in [1.54, 1.807) is 6.20 Å². The molecule has 2 bridgehead atoms. The summed E-state index contributed by atoms with van der Waals surface area (Å²) in [6.07, 6.45) is 3.85. The van der Waals surface area contributed by atoms with Crippen LogP contribution in [0.3, 0.4) is 0 Å². The fourth-order valence-corrected chi connectivity index (χ4v) is 3.76. The zero-order chi connectivity index (χ0) is 17.8. The number of carbonyl (C=O) groups excluding carboxylic acids is 1. The summed E-state index contributed by atoms with van der Waals surface area (Å²) in [5.41, 5.74) is 0.249. The number of nitrogens with zero attached hydrogens (tertiary/aromatic N) is 5. The molecule has 0 unspecified atom stereocenters. The standard InChI is InChI=1S/C17H20ClN5O2/c1-17(2,3)25-16(24)23-8-10-4-11(23)7-22(10)14-5-12-13(6-19-14)20-9-21-15(12)18/h5-6,9-11H,4,7-8H2,1-3H3/t10-,11-/m0/s1. The smallest absolute Gasteiger partial charge is 0.410 e. The average Bonchev–Trinajstić information content (AvgIpc) is 3.14. The van der Waals surface area contributed by atoms with Gasteiger partial charge >= 0.3 is 6.09 Å². The topological polar surface area (TPSA) is 71.5 Å². The van der Waals surface area contributed by atoms with Gasteiger partial charge in [0.25, 0.3) is 0 Å². The quantitative estimate of drug-likeness (QED) is 0.727. The summed E-state index contributed by atoms with van der Waals surface area (Å²) < 4.78 is 5.51. The molecule has 0 spiro atoms. The van der Waals surface area contributed by atoms with Crippen LogP contribution in [-0.2, 0) is 4.74 Å². The van der Waals surface area contributed by atoms with Crippen molar-refractivity contribution in [1.82, 2.24) is 19.9 Å². The predicted molar refractivity (Wildman–Crippen MR) is 94.8 cm³/mol. The molecule has 4 rings (SSSR count). The van der Waals surface area contributed by atoms with Crippen molar-refractivity contribution >= 4 is 34.4 Å². The lowest BCUT2D eigenvalue weighted by Gasteiger charge is -2.35. The third-order valence-electron chi connectivity index (χ3n) is 4.62. The van der Waals surface area contributed by atoms with Gasteiger partial charge in [-0.3, -0.25) is 0 Å². The van der Waals surface area contributed by atoms with E-state index < -0.39 is 5.60 Å². The number of pyridine rings is 1. The van der Waals surface area contributed by atoms with E-state index in [-0.39, 0.29) is 18.2 Å². The normalized spacial score (nSPS) is 22.7. The SMILES string of the molecule is CC(C)(C)OC(=O)N1C[C@@H]2C[C@H]1CN2c1cc2c(Cl)ncnc2cn1. The zero-order valence-corrected chi connectivity index (χ0v) is 15.2. The van der Waals surface area contributed by atoms with Crippen LogP contribution in [0.25, 0.3) is 10.9 Å². The van der Waals surface area contributed by atoms with E-state index in [2.05, 4.69) is 19.9 Å². The fraction of sp³-hybridized carbons (Fsp3) is 0.529. The van der Waals surface area contributed by atoms with Crippen LogP contribution in [0.15, 0.2) is 18.6 Å². The molecule has 0 saturated carbocycles. The van der Waals surface area contributed by atoms with E-state index in [1.807, 2.05) is 31.7 Å². The summed E-state index contributed by atoms with van der Waals surface area (Å²) in [6, 6.07) is 2.32. The molecule has 7 nitrogen and oxygen atoms in total. The second-order valence-electron chi connectivity index (χ2n) is 7.55. The molecule has 4 heterocycles. The van der Waals surface area contributed by atoms with Gasteiger partial charge in [-0.25, -0.2) is 19.7 Å². The first kappa shape index (κ1) is 16.3. The maximum atomic E-state index is 12.3. The summed E-state index contributed by atoms with van der Waals surface area (Å²) in [4.78, 5) is 29.1. The van der Waals surface area contributed by atoms with E-state index >= 15 is 0 Å². The number of piperazine rings is 1. The number of carbonyl (C=O) groups is 1. The first-order valence-corrected chi connectivity index (χ1v) is 8.72. The van der Waals surface area contributed by atoms with Gasteiger partial charge in [0.15, 0.2) is 0 Å². The van der Waals surface area contributed by atoms with Crippen molar-refractivity contribution in [2.75, 3.05) is 18.0 Å². The van der Waals surface area contributed by atoms with Crippen LogP contribution in [0.4, 0.5) is 10.6 Å². The van der Waals surface area contributed by atoms with Crippen LogP contribution in [0.1, 0.15) is 27.2 Å². The highest BCUT2D eigenvalue weighted by atomic mass is 35.5. The van der Waals surface area contributed by atoms with Gasteiger partial charge in [-0.1, -0.05) is 11.6 Å². The monoisotopic (exact) mass is 361 g/mol. The zero-order valence-electron chi connectivity index (χ0n) is 14.4. The summed E-state index contributed by atoms with van der Waals surface area (Å²) in [6.45, 7) is 7.05. The first-order chi connectivity index (χ1) is 11.8. The molecule has 0 aliphatic carbocycles. The summed E-state index contributed by atoms with van der Waals surface area (Å²) in [7, 11) is 0. The minimum Gasteiger partial charge on any atom is -0.444 e. The highest BCUT2D eigenvalue weighted by Crippen LogP contribution is 2.35. The van der Waals surface area contributed by atoms with Crippen LogP contribution in [0.2, 0.25) is 5.15 Å². The van der Waals surface area contributed by atoms with Crippen LogP contribution >= 0.6 is 11.6 Å². The molecule has 2 atom stereocenters. The maximum Gasteiger partial charge on any atom is 0.410 e. The van der Waals surface area contributed by atoms with Crippen LogP contribution in [0.5, 0.6) is 0 Å². The Morgan fingerprint density at radius 3 is 2.72 bits per heavy atom. The summed E-state index contributed by atoms with van der Waals surface area (Å²) in [5, 5.41) is 1.22. The second-order valence-corrected chi connectivity index (χ2v) is 7.91. The molecule has 2 aromatic rings. The van der Waals surface area contributed by atoms with Crippen molar-refractivity contribution < 1.29 is 9.53 Å². The van der Waals surface area contributed by atoms with Crippen molar-refractivity contribution in [2.24, 2.45) is 0 Å². The number of rotatable bonds is 1. The molecule has 25 heavy (non-hydrogen) atoms. The average molecular weight is 362 g/mol. The van der Waals surface area contributed by atoms with Gasteiger partial charge in [-0.05, 0) is 33.3 Å². The Bertz CT molecular complexity index is 837. The Morgan fingerprint density at radius 2 is 2.04 bits per heavy atom. The summed E-state index contributed by atoms with van der Waals surface area (Å²) in [5.74, 6) is 0.848. The predicted octanol–water partition coefficient (Wildman–Crippen LogP) is 2.88. The Labute approximate surface area is 151 Å². The van der Waals surface area contributed by atoms with Crippen molar-refractivity contribution in [2.45, 2.75) is 44.9 Å². The Morgan fingerprint density at radius 1 is 1.24 bits per heavy atom. The highest BCUT2D eigenvalue weighted by molar-refractivity contribution is 6.34. The molecular formula is C17H20ClN5O2. The molecular weight excluding hydrogens is 342 g/mol. The molecule has 2 aromatic heterocycles. The largest absolute Gasteiger partial charge is 0.444 e. The van der Waals surface area contributed by atoms with Gasteiger partial charge in [0, 0.05) is 18.5 Å². The van der Waals surface area contributed by atoms with E-state index in [9.17, 15) is 4.79 Å². The summed E-state index contributed by atoms with van der Waals surface area (Å²) >= 11 is 6.17. The second kappa shape index (κ2) is 5.69. The van der Waals surface area contributed by atoms with Gasteiger partial charge in [-0.15, -0.1) is 0 Å². The number of hydrogen-bond donors (Lipinski definition) is 0. The van der Waals surface area contributed by atoms with Gasteiger partial charge in [0.05, 0.1) is 23.8 Å².